The van der Waals surface area contributed by atoms with Gasteiger partial charge < -0.3 is 10.2 Å². The van der Waals surface area contributed by atoms with Crippen LogP contribution in [-0.4, -0.2) is 46.5 Å². The number of carbonyl (C=O) groups is 2. The molecule has 6 heteroatoms. The molecule has 2 N–H and O–H groups in total. The average Bonchev–Trinajstić information content (AvgIpc) is 3.05. The van der Waals surface area contributed by atoms with Crippen LogP contribution in [0.5, 0.6) is 0 Å². The number of rotatable bonds is 5. The smallest absolute Gasteiger partial charge is 0.274 e. The van der Waals surface area contributed by atoms with Crippen molar-refractivity contribution in [2.24, 2.45) is 11.8 Å². The van der Waals surface area contributed by atoms with Gasteiger partial charge in [-0.15, -0.1) is 0 Å². The van der Waals surface area contributed by atoms with Crippen molar-refractivity contribution < 1.29 is 9.59 Å². The molecule has 1 aromatic carbocycles. The summed E-state index contributed by atoms with van der Waals surface area (Å²) in [5, 5.41) is 11.0. The first-order valence-corrected chi connectivity index (χ1v) is 9.06. The molecule has 2 aromatic rings. The lowest BCUT2D eigenvalue weighted by Gasteiger charge is -2.31. The molecule has 0 aliphatic carbocycles. The number of aromatic amines is 1. The first-order chi connectivity index (χ1) is 12.1. The van der Waals surface area contributed by atoms with E-state index in [9.17, 15) is 9.59 Å². The van der Waals surface area contributed by atoms with Gasteiger partial charge in [-0.25, -0.2) is 0 Å². The van der Waals surface area contributed by atoms with E-state index in [0.717, 1.165) is 23.9 Å². The summed E-state index contributed by atoms with van der Waals surface area (Å²) >= 11 is 0. The highest BCUT2D eigenvalue weighted by Crippen LogP contribution is 2.22. The second-order valence-corrected chi connectivity index (χ2v) is 7.16. The van der Waals surface area contributed by atoms with Crippen LogP contribution in [0.15, 0.2) is 24.3 Å². The van der Waals surface area contributed by atoms with Crippen molar-refractivity contribution in [3.05, 3.63) is 30.0 Å². The Morgan fingerprint density at radius 3 is 2.72 bits per heavy atom. The molecule has 1 aliphatic heterocycles. The Morgan fingerprint density at radius 2 is 2.00 bits per heavy atom. The lowest BCUT2D eigenvalue weighted by molar-refractivity contribution is -0.126. The van der Waals surface area contributed by atoms with E-state index in [-0.39, 0.29) is 17.7 Å². The first kappa shape index (κ1) is 17.5. The van der Waals surface area contributed by atoms with Gasteiger partial charge >= 0.3 is 0 Å². The Kier molecular flexibility index (Phi) is 5.36. The van der Waals surface area contributed by atoms with Crippen LogP contribution in [0.4, 0.5) is 0 Å². The van der Waals surface area contributed by atoms with Crippen LogP contribution in [0.1, 0.15) is 43.6 Å². The number of piperidine rings is 1. The van der Waals surface area contributed by atoms with Gasteiger partial charge in [0.15, 0.2) is 5.69 Å². The van der Waals surface area contributed by atoms with E-state index in [1.165, 1.54) is 0 Å². The van der Waals surface area contributed by atoms with Crippen molar-refractivity contribution in [2.45, 2.75) is 33.1 Å². The van der Waals surface area contributed by atoms with E-state index in [0.29, 0.717) is 37.5 Å². The number of hydrogen-bond acceptors (Lipinski definition) is 3. The molecule has 1 aromatic heterocycles. The van der Waals surface area contributed by atoms with Crippen LogP contribution in [0, 0.1) is 11.8 Å². The number of fused-ring (bicyclic) bond motifs is 1. The fourth-order valence-electron chi connectivity index (χ4n) is 3.25. The van der Waals surface area contributed by atoms with E-state index in [1.54, 1.807) is 4.90 Å². The SMILES string of the molecule is CC(C)CCNC(=O)C1CCN(C(=O)c2n[nH]c3ccccc23)CC1. The number of nitrogens with one attached hydrogen (secondary N) is 2. The van der Waals surface area contributed by atoms with Gasteiger partial charge in [0.1, 0.15) is 0 Å². The second-order valence-electron chi connectivity index (χ2n) is 7.16. The molecule has 0 radical (unpaired) electrons. The molecule has 0 unspecified atom stereocenters. The van der Waals surface area contributed by atoms with Crippen LogP contribution in [0.25, 0.3) is 10.9 Å². The quantitative estimate of drug-likeness (QED) is 0.876. The van der Waals surface area contributed by atoms with Gasteiger partial charge in [-0.05, 0) is 31.2 Å². The normalized spacial score (nSPS) is 15.7. The van der Waals surface area contributed by atoms with E-state index < -0.39 is 0 Å². The van der Waals surface area contributed by atoms with Crippen molar-refractivity contribution in [1.82, 2.24) is 20.4 Å². The number of carbonyl (C=O) groups excluding carboxylic acids is 2. The predicted molar refractivity (Wildman–Crippen MR) is 97.2 cm³/mol. The van der Waals surface area contributed by atoms with Crippen LogP contribution < -0.4 is 5.32 Å². The zero-order chi connectivity index (χ0) is 17.8. The van der Waals surface area contributed by atoms with Gasteiger partial charge in [0.25, 0.3) is 5.91 Å². The largest absolute Gasteiger partial charge is 0.356 e. The van der Waals surface area contributed by atoms with Crippen molar-refractivity contribution in [2.75, 3.05) is 19.6 Å². The Morgan fingerprint density at radius 1 is 1.28 bits per heavy atom. The third-order valence-corrected chi connectivity index (χ3v) is 4.85. The molecule has 1 fully saturated rings. The maximum absolute atomic E-state index is 12.7. The van der Waals surface area contributed by atoms with Crippen molar-refractivity contribution in [3.8, 4) is 0 Å². The van der Waals surface area contributed by atoms with Gasteiger partial charge in [-0.1, -0.05) is 32.0 Å². The molecular weight excluding hydrogens is 316 g/mol. The van der Waals surface area contributed by atoms with Crippen LogP contribution in [0.3, 0.4) is 0 Å². The molecule has 6 nitrogen and oxygen atoms in total. The Labute approximate surface area is 148 Å². The summed E-state index contributed by atoms with van der Waals surface area (Å²) in [6, 6.07) is 7.63. The lowest BCUT2D eigenvalue weighted by atomic mass is 9.95. The lowest BCUT2D eigenvalue weighted by Crippen LogP contribution is -2.43. The van der Waals surface area contributed by atoms with Crippen molar-refractivity contribution in [1.29, 1.82) is 0 Å². The minimum absolute atomic E-state index is 0.00661. The molecule has 1 saturated heterocycles. The molecule has 3 rings (SSSR count). The van der Waals surface area contributed by atoms with Crippen molar-refractivity contribution in [3.63, 3.8) is 0 Å². The summed E-state index contributed by atoms with van der Waals surface area (Å²) in [5.74, 6) is 0.657. The highest BCUT2D eigenvalue weighted by Gasteiger charge is 2.29. The number of benzene rings is 1. The van der Waals surface area contributed by atoms with Gasteiger partial charge in [-0.2, -0.15) is 5.10 Å². The maximum atomic E-state index is 12.7. The molecule has 0 saturated carbocycles. The zero-order valence-corrected chi connectivity index (χ0v) is 14.9. The predicted octanol–water partition coefficient (Wildman–Crippen LogP) is 2.58. The Hall–Kier alpha value is -2.37. The molecule has 0 atom stereocenters. The summed E-state index contributed by atoms with van der Waals surface area (Å²) < 4.78 is 0. The number of hydrogen-bond donors (Lipinski definition) is 2. The van der Waals surface area contributed by atoms with Crippen LogP contribution >= 0.6 is 0 Å². The highest BCUT2D eigenvalue weighted by molar-refractivity contribution is 6.04. The molecule has 1 aliphatic rings. The van der Waals surface area contributed by atoms with Gasteiger partial charge in [0.05, 0.1) is 5.52 Å². The van der Waals surface area contributed by atoms with Gasteiger partial charge in [0.2, 0.25) is 5.91 Å². The minimum Gasteiger partial charge on any atom is -0.356 e. The van der Waals surface area contributed by atoms with E-state index in [2.05, 4.69) is 29.4 Å². The Bertz CT molecular complexity index is 745. The zero-order valence-electron chi connectivity index (χ0n) is 14.9. The average molecular weight is 342 g/mol. The summed E-state index contributed by atoms with van der Waals surface area (Å²) in [7, 11) is 0. The summed E-state index contributed by atoms with van der Waals surface area (Å²) in [5.41, 5.74) is 1.33. The Balaban J connectivity index is 1.55. The monoisotopic (exact) mass is 342 g/mol. The number of para-hydroxylation sites is 1. The number of likely N-dealkylation sites (tertiary alicyclic amines) is 1. The third-order valence-electron chi connectivity index (χ3n) is 4.85. The number of nitrogens with zero attached hydrogens (tertiary/aromatic N) is 2. The van der Waals surface area contributed by atoms with Crippen LogP contribution in [0.2, 0.25) is 0 Å². The summed E-state index contributed by atoms with van der Waals surface area (Å²) in [4.78, 5) is 26.8. The molecule has 0 bridgehead atoms. The summed E-state index contributed by atoms with van der Waals surface area (Å²) in [6.07, 6.45) is 2.42. The van der Waals surface area contributed by atoms with Gasteiger partial charge in [0, 0.05) is 30.9 Å². The molecule has 25 heavy (non-hydrogen) atoms. The van der Waals surface area contributed by atoms with Gasteiger partial charge in [-0.3, -0.25) is 14.7 Å². The van der Waals surface area contributed by atoms with Crippen molar-refractivity contribution >= 4 is 22.7 Å². The standard InChI is InChI=1S/C19H26N4O2/c1-13(2)7-10-20-18(24)14-8-11-23(12-9-14)19(25)17-15-5-3-4-6-16(15)21-22-17/h3-6,13-14H,7-12H2,1-2H3,(H,20,24)(H,21,22). The number of amides is 2. The number of H-pyrrole nitrogens is 1. The fourth-order valence-corrected chi connectivity index (χ4v) is 3.25. The fraction of sp³-hybridized carbons (Fsp3) is 0.526. The van der Waals surface area contributed by atoms with E-state index in [4.69, 9.17) is 0 Å². The van der Waals surface area contributed by atoms with E-state index in [1.807, 2.05) is 24.3 Å². The third kappa shape index (κ3) is 4.00. The molecular formula is C19H26N4O2. The molecule has 2 amide bonds. The highest BCUT2D eigenvalue weighted by atomic mass is 16.2. The second kappa shape index (κ2) is 7.68. The maximum Gasteiger partial charge on any atom is 0.274 e. The summed E-state index contributed by atoms with van der Waals surface area (Å²) in [6.45, 7) is 6.23. The van der Waals surface area contributed by atoms with Crippen LogP contribution in [-0.2, 0) is 4.79 Å². The van der Waals surface area contributed by atoms with E-state index >= 15 is 0 Å². The minimum atomic E-state index is -0.0592. The molecule has 0 spiro atoms. The molecule has 134 valence electrons. The molecule has 2 heterocycles. The first-order valence-electron chi connectivity index (χ1n) is 9.06. The topological polar surface area (TPSA) is 78.1 Å². The number of aromatic nitrogens is 2.